The Hall–Kier alpha value is -2.16. The number of thioether (sulfide) groups is 1. The number of carbonyl (C=O) groups excluding carboxylic acids is 2. The van der Waals surface area contributed by atoms with E-state index in [1.54, 1.807) is 11.8 Å². The Morgan fingerprint density at radius 2 is 1.56 bits per heavy atom. The Morgan fingerprint density at radius 1 is 0.963 bits per heavy atom. The van der Waals surface area contributed by atoms with Crippen molar-refractivity contribution in [1.29, 1.82) is 0 Å². The third-order valence-electron chi connectivity index (χ3n) is 4.14. The first-order chi connectivity index (χ1) is 12.9. The van der Waals surface area contributed by atoms with E-state index in [9.17, 15) is 18.0 Å². The van der Waals surface area contributed by atoms with E-state index in [-0.39, 0.29) is 29.6 Å². The van der Waals surface area contributed by atoms with E-state index < -0.39 is 10.0 Å². The Kier molecular flexibility index (Phi) is 5.98. The largest absolute Gasteiger partial charge is 0.274 e. The number of carbonyl (C=O) groups is 2. The molecule has 2 aromatic carbocycles. The minimum Gasteiger partial charge on any atom is -0.274 e. The third kappa shape index (κ3) is 4.77. The quantitative estimate of drug-likeness (QED) is 0.436. The van der Waals surface area contributed by atoms with Gasteiger partial charge in [0.15, 0.2) is 0 Å². The van der Waals surface area contributed by atoms with Crippen LogP contribution in [0.5, 0.6) is 0 Å². The number of hydrogen-bond donors (Lipinski definition) is 1. The third-order valence-corrected chi connectivity index (χ3v) is 6.63. The molecule has 3 rings (SSSR count). The van der Waals surface area contributed by atoms with Gasteiger partial charge < -0.3 is 0 Å². The van der Waals surface area contributed by atoms with Crippen molar-refractivity contribution in [2.75, 3.05) is 17.2 Å². The summed E-state index contributed by atoms with van der Waals surface area (Å²) in [5.41, 5.74) is 1.58. The fourth-order valence-electron chi connectivity index (χ4n) is 2.70. The van der Waals surface area contributed by atoms with E-state index >= 15 is 0 Å². The van der Waals surface area contributed by atoms with Crippen molar-refractivity contribution in [2.45, 2.75) is 29.6 Å². The summed E-state index contributed by atoms with van der Waals surface area (Å²) in [4.78, 5) is 25.8. The van der Waals surface area contributed by atoms with E-state index in [0.29, 0.717) is 18.0 Å². The van der Waals surface area contributed by atoms with Gasteiger partial charge in [-0.2, -0.15) is 0 Å². The highest BCUT2D eigenvalue weighted by Gasteiger charge is 2.30. The zero-order chi connectivity index (χ0) is 19.4. The van der Waals surface area contributed by atoms with Crippen molar-refractivity contribution in [3.05, 3.63) is 54.1 Å². The standard InChI is InChI=1S/C19H20N2O4S2/c1-14-2-6-16(7-3-14)26-13-12-20-27(24,25)17-8-4-15(5-9-17)21-18(22)10-11-19(21)23/h2-9,20H,10-13H2,1H3. The van der Waals surface area contributed by atoms with E-state index in [0.717, 1.165) is 9.80 Å². The maximum Gasteiger partial charge on any atom is 0.240 e. The normalized spacial score (nSPS) is 14.8. The van der Waals surface area contributed by atoms with Crippen LogP contribution in [0.25, 0.3) is 0 Å². The first-order valence-electron chi connectivity index (χ1n) is 8.52. The number of benzene rings is 2. The number of imide groups is 1. The highest BCUT2D eigenvalue weighted by molar-refractivity contribution is 7.99. The van der Waals surface area contributed by atoms with Crippen molar-refractivity contribution in [1.82, 2.24) is 4.72 Å². The Labute approximate surface area is 163 Å². The summed E-state index contributed by atoms with van der Waals surface area (Å²) in [6, 6.07) is 13.8. The van der Waals surface area contributed by atoms with Crippen LogP contribution in [-0.2, 0) is 19.6 Å². The van der Waals surface area contributed by atoms with Crippen LogP contribution in [0.3, 0.4) is 0 Å². The smallest absolute Gasteiger partial charge is 0.240 e. The van der Waals surface area contributed by atoms with E-state index in [1.165, 1.54) is 29.8 Å². The lowest BCUT2D eigenvalue weighted by Gasteiger charge is -2.14. The van der Waals surface area contributed by atoms with Crippen LogP contribution in [-0.4, -0.2) is 32.5 Å². The monoisotopic (exact) mass is 404 g/mol. The second-order valence-corrected chi connectivity index (χ2v) is 9.11. The van der Waals surface area contributed by atoms with Gasteiger partial charge in [-0.1, -0.05) is 17.7 Å². The predicted octanol–water partition coefficient (Wildman–Crippen LogP) is 2.72. The number of aryl methyl sites for hydroxylation is 1. The minimum absolute atomic E-state index is 0.102. The molecule has 1 saturated heterocycles. The van der Waals surface area contributed by atoms with Gasteiger partial charge in [0.05, 0.1) is 10.6 Å². The molecule has 0 bridgehead atoms. The topological polar surface area (TPSA) is 83.6 Å². The van der Waals surface area contributed by atoms with Gasteiger partial charge in [-0.25, -0.2) is 13.1 Å². The number of anilines is 1. The molecule has 142 valence electrons. The van der Waals surface area contributed by atoms with Gasteiger partial charge in [0.1, 0.15) is 0 Å². The summed E-state index contributed by atoms with van der Waals surface area (Å²) in [6.45, 7) is 2.31. The Bertz CT molecular complexity index is 923. The van der Waals surface area contributed by atoms with Crippen molar-refractivity contribution in [3.63, 3.8) is 0 Å². The zero-order valence-electron chi connectivity index (χ0n) is 14.8. The highest BCUT2D eigenvalue weighted by Crippen LogP contribution is 2.24. The van der Waals surface area contributed by atoms with E-state index in [4.69, 9.17) is 0 Å². The van der Waals surface area contributed by atoms with Crippen molar-refractivity contribution in [3.8, 4) is 0 Å². The molecule has 0 unspecified atom stereocenters. The van der Waals surface area contributed by atoms with Crippen molar-refractivity contribution >= 4 is 39.3 Å². The molecule has 0 saturated carbocycles. The van der Waals surface area contributed by atoms with Gasteiger partial charge in [-0.15, -0.1) is 11.8 Å². The minimum atomic E-state index is -3.64. The molecule has 1 heterocycles. The summed E-state index contributed by atoms with van der Waals surface area (Å²) < 4.78 is 27.3. The first-order valence-corrected chi connectivity index (χ1v) is 11.0. The van der Waals surface area contributed by atoms with Gasteiger partial charge in [0.2, 0.25) is 21.8 Å². The fraction of sp³-hybridized carbons (Fsp3) is 0.263. The second-order valence-electron chi connectivity index (χ2n) is 6.18. The van der Waals surface area contributed by atoms with E-state index in [2.05, 4.69) is 4.72 Å². The molecule has 27 heavy (non-hydrogen) atoms. The number of rotatable bonds is 7. The van der Waals surface area contributed by atoms with Crippen LogP contribution in [0.2, 0.25) is 0 Å². The lowest BCUT2D eigenvalue weighted by atomic mass is 10.2. The summed E-state index contributed by atoms with van der Waals surface area (Å²) in [7, 11) is -3.64. The summed E-state index contributed by atoms with van der Waals surface area (Å²) in [5, 5.41) is 0. The molecule has 6 nitrogen and oxygen atoms in total. The predicted molar refractivity (Wildman–Crippen MR) is 105 cm³/mol. The lowest BCUT2D eigenvalue weighted by Crippen LogP contribution is -2.29. The van der Waals surface area contributed by atoms with Crippen LogP contribution in [0.15, 0.2) is 58.3 Å². The molecule has 2 amide bonds. The molecular formula is C19H20N2O4S2. The molecule has 1 fully saturated rings. The molecule has 0 atom stereocenters. The van der Waals surface area contributed by atoms with Crippen LogP contribution < -0.4 is 9.62 Å². The average molecular weight is 405 g/mol. The van der Waals surface area contributed by atoms with E-state index in [1.807, 2.05) is 31.2 Å². The maximum absolute atomic E-state index is 12.4. The molecule has 1 aliphatic heterocycles. The van der Waals surface area contributed by atoms with Gasteiger partial charge in [-0.05, 0) is 43.3 Å². The summed E-state index contributed by atoms with van der Waals surface area (Å²) >= 11 is 1.58. The Morgan fingerprint density at radius 3 is 2.15 bits per heavy atom. The SMILES string of the molecule is Cc1ccc(SCCNS(=O)(=O)c2ccc(N3C(=O)CCC3=O)cc2)cc1. The summed E-state index contributed by atoms with van der Waals surface area (Å²) in [6.07, 6.45) is 0.387. The molecule has 0 spiro atoms. The molecule has 0 radical (unpaired) electrons. The van der Waals surface area contributed by atoms with Crippen molar-refractivity contribution in [2.24, 2.45) is 0 Å². The van der Waals surface area contributed by atoms with Gasteiger partial charge in [0.25, 0.3) is 0 Å². The van der Waals surface area contributed by atoms with Gasteiger partial charge >= 0.3 is 0 Å². The lowest BCUT2D eigenvalue weighted by molar-refractivity contribution is -0.121. The molecule has 8 heteroatoms. The van der Waals surface area contributed by atoms with Crippen LogP contribution in [0, 0.1) is 6.92 Å². The van der Waals surface area contributed by atoms with Crippen LogP contribution in [0.4, 0.5) is 5.69 Å². The number of hydrogen-bond acceptors (Lipinski definition) is 5. The number of nitrogens with zero attached hydrogens (tertiary/aromatic N) is 1. The summed E-state index contributed by atoms with van der Waals surface area (Å²) in [5.74, 6) is 0.0840. The molecule has 0 aromatic heterocycles. The van der Waals surface area contributed by atoms with Crippen molar-refractivity contribution < 1.29 is 18.0 Å². The number of amides is 2. The molecule has 0 aliphatic carbocycles. The zero-order valence-corrected chi connectivity index (χ0v) is 16.5. The molecule has 2 aromatic rings. The number of nitrogens with one attached hydrogen (secondary N) is 1. The maximum atomic E-state index is 12.4. The van der Waals surface area contributed by atoms with Gasteiger partial charge in [0, 0.05) is 30.0 Å². The second kappa shape index (κ2) is 8.24. The molecule has 1 aliphatic rings. The fourth-order valence-corrected chi connectivity index (χ4v) is 4.63. The number of sulfonamides is 1. The highest BCUT2D eigenvalue weighted by atomic mass is 32.2. The van der Waals surface area contributed by atoms with Crippen LogP contribution in [0.1, 0.15) is 18.4 Å². The Balaban J connectivity index is 1.57. The van der Waals surface area contributed by atoms with Gasteiger partial charge in [-0.3, -0.25) is 14.5 Å². The first kappa shape index (κ1) is 19.6. The molecular weight excluding hydrogens is 384 g/mol. The van der Waals surface area contributed by atoms with Crippen LogP contribution >= 0.6 is 11.8 Å². The average Bonchev–Trinajstić information content (AvgIpc) is 2.99. The molecule has 1 N–H and O–H groups in total.